The zero-order valence-electron chi connectivity index (χ0n) is 28.0. The summed E-state index contributed by atoms with van der Waals surface area (Å²) < 4.78 is 48.3. The molecule has 2 aromatic carbocycles. The summed E-state index contributed by atoms with van der Waals surface area (Å²) in [6.07, 6.45) is 9.81. The predicted octanol–water partition coefficient (Wildman–Crippen LogP) is 6.55. The Morgan fingerprint density at radius 3 is 2.72 bits per heavy atom. The highest BCUT2D eigenvalue weighted by Crippen LogP contribution is 2.47. The summed E-state index contributed by atoms with van der Waals surface area (Å²) >= 11 is 6.44. The number of carbonyl (C=O) groups is 1. The Kier molecular flexibility index (Phi) is 10.3. The molecule has 1 N–H and O–H groups in total. The molecule has 1 spiro atoms. The number of nitrogens with one attached hydrogen (secondary N) is 1. The van der Waals surface area contributed by atoms with Crippen LogP contribution in [0.5, 0.6) is 5.75 Å². The predicted molar refractivity (Wildman–Crippen MR) is 186 cm³/mol. The third-order valence-electron chi connectivity index (χ3n) is 10.9. The molecule has 0 saturated heterocycles. The first-order valence-electron chi connectivity index (χ1n) is 17.2. The molecule has 2 aromatic rings. The van der Waals surface area contributed by atoms with Gasteiger partial charge in [-0.2, -0.15) is 0 Å². The number of hydrogen-bond acceptors (Lipinski definition) is 7. The van der Waals surface area contributed by atoms with E-state index >= 15 is 0 Å². The molecule has 1 amide bonds. The van der Waals surface area contributed by atoms with E-state index in [2.05, 4.69) is 33.9 Å². The summed E-state index contributed by atoms with van der Waals surface area (Å²) in [4.78, 5) is 16.1. The van der Waals surface area contributed by atoms with Gasteiger partial charge in [-0.25, -0.2) is 13.1 Å². The van der Waals surface area contributed by atoms with Crippen LogP contribution in [0.4, 0.5) is 5.69 Å². The lowest BCUT2D eigenvalue weighted by atomic mass is 9.68. The van der Waals surface area contributed by atoms with Crippen molar-refractivity contribution in [3.63, 3.8) is 0 Å². The molecule has 0 radical (unpaired) electrons. The number of fused-ring (bicyclic) bond motifs is 4. The summed E-state index contributed by atoms with van der Waals surface area (Å²) in [5.41, 5.74) is 3.43. The van der Waals surface area contributed by atoms with Gasteiger partial charge in [0.1, 0.15) is 5.75 Å². The summed E-state index contributed by atoms with van der Waals surface area (Å²) in [5, 5.41) is 0.00179. The van der Waals surface area contributed by atoms with Crippen LogP contribution in [0, 0.1) is 23.7 Å². The number of amides is 1. The van der Waals surface area contributed by atoms with E-state index in [0.717, 1.165) is 55.9 Å². The van der Waals surface area contributed by atoms with Crippen LogP contribution in [-0.2, 0) is 31.3 Å². The van der Waals surface area contributed by atoms with Crippen LogP contribution in [0.15, 0.2) is 48.6 Å². The molecule has 1 saturated carbocycles. The number of anilines is 1. The second kappa shape index (κ2) is 14.1. The standard InChI is InChI=1S/C37H49ClN2O6S/c1-24(2)35-25(3)7-5-9-33(45-18-17-44-4)30-13-10-28(30)21-40-22-37(16-6-8-26-19-29(38)12-14-31(26)37)23-46-34-15-11-27(20-32(34)40)36(41)39-47(35,42)43/h5,9,11-12,14-15,19-20,24-25,28,30,33,35H,6-8,10,13,16-18,21-23H2,1-4H3,(H,39,41)/b9-5+/t25-,28-,30+,33-,35?,37-/m0/s1. The van der Waals surface area contributed by atoms with Crippen LogP contribution in [0.25, 0.3) is 0 Å². The quantitative estimate of drug-likeness (QED) is 0.282. The lowest BCUT2D eigenvalue weighted by molar-refractivity contribution is -0.0309. The van der Waals surface area contributed by atoms with E-state index in [4.69, 9.17) is 25.8 Å². The molecule has 47 heavy (non-hydrogen) atoms. The first-order valence-corrected chi connectivity index (χ1v) is 19.1. The van der Waals surface area contributed by atoms with E-state index in [0.29, 0.717) is 49.4 Å². The van der Waals surface area contributed by atoms with Gasteiger partial charge in [-0.05, 0) is 104 Å². The number of rotatable bonds is 5. The first-order chi connectivity index (χ1) is 22.5. The maximum absolute atomic E-state index is 13.8. The summed E-state index contributed by atoms with van der Waals surface area (Å²) in [6, 6.07) is 11.6. The molecule has 4 aliphatic rings. The fourth-order valence-electron chi connectivity index (χ4n) is 8.52. The molecule has 10 heteroatoms. The van der Waals surface area contributed by atoms with Gasteiger partial charge in [0, 0.05) is 36.2 Å². The van der Waals surface area contributed by atoms with Gasteiger partial charge < -0.3 is 19.1 Å². The second-order valence-corrected chi connectivity index (χ2v) is 16.7. The van der Waals surface area contributed by atoms with Crippen LogP contribution < -0.4 is 14.4 Å². The average molecular weight is 685 g/mol. The molecule has 6 atom stereocenters. The Morgan fingerprint density at radius 1 is 1.15 bits per heavy atom. The van der Waals surface area contributed by atoms with Gasteiger partial charge in [-0.15, -0.1) is 0 Å². The zero-order valence-corrected chi connectivity index (χ0v) is 29.6. The largest absolute Gasteiger partial charge is 0.490 e. The number of hydrogen-bond donors (Lipinski definition) is 1. The SMILES string of the molecule is COCCO[C@H]1/C=C/C[C@H](C)C(C(C)C)S(=O)(=O)NC(=O)c2ccc3c(c2)N(C[C@@H]2CC[C@H]21)C[C@@]1(CCCc2cc(Cl)ccc21)CO3. The third kappa shape index (κ3) is 7.10. The van der Waals surface area contributed by atoms with Crippen molar-refractivity contribution in [1.29, 1.82) is 0 Å². The van der Waals surface area contributed by atoms with Crippen LogP contribution in [0.1, 0.15) is 74.4 Å². The Labute approximate surface area is 285 Å². The Morgan fingerprint density at radius 2 is 1.98 bits per heavy atom. The summed E-state index contributed by atoms with van der Waals surface area (Å²) in [6.45, 7) is 8.75. The fourth-order valence-corrected chi connectivity index (χ4v) is 10.7. The molecule has 2 bridgehead atoms. The molecule has 1 fully saturated rings. The second-order valence-electron chi connectivity index (χ2n) is 14.4. The molecule has 2 aliphatic heterocycles. The van der Waals surface area contributed by atoms with Crippen LogP contribution in [0.2, 0.25) is 5.02 Å². The van der Waals surface area contributed by atoms with Crippen LogP contribution in [0.3, 0.4) is 0 Å². The molecular formula is C37H49ClN2O6S. The van der Waals surface area contributed by atoms with E-state index in [1.165, 1.54) is 11.1 Å². The van der Waals surface area contributed by atoms with E-state index in [1.807, 2.05) is 39.0 Å². The molecular weight excluding hydrogens is 636 g/mol. The fraction of sp³-hybridized carbons (Fsp3) is 0.595. The number of ether oxygens (including phenoxy) is 3. The van der Waals surface area contributed by atoms with E-state index in [1.54, 1.807) is 13.2 Å². The molecule has 2 heterocycles. The van der Waals surface area contributed by atoms with Crippen molar-refractivity contribution in [1.82, 2.24) is 4.72 Å². The van der Waals surface area contributed by atoms with Crippen molar-refractivity contribution >= 4 is 33.2 Å². The minimum Gasteiger partial charge on any atom is -0.490 e. The van der Waals surface area contributed by atoms with Gasteiger partial charge in [0.25, 0.3) is 5.91 Å². The van der Waals surface area contributed by atoms with E-state index < -0.39 is 21.2 Å². The third-order valence-corrected chi connectivity index (χ3v) is 13.3. The Bertz CT molecular complexity index is 1600. The van der Waals surface area contributed by atoms with Crippen LogP contribution >= 0.6 is 11.6 Å². The molecule has 8 nitrogen and oxygen atoms in total. The zero-order chi connectivity index (χ0) is 33.3. The van der Waals surface area contributed by atoms with Crippen molar-refractivity contribution in [2.45, 2.75) is 76.1 Å². The average Bonchev–Trinajstić information content (AvgIpc) is 3.15. The number of benzene rings is 2. The highest BCUT2D eigenvalue weighted by Gasteiger charge is 2.45. The molecule has 6 rings (SSSR count). The highest BCUT2D eigenvalue weighted by molar-refractivity contribution is 7.90. The van der Waals surface area contributed by atoms with Crippen molar-refractivity contribution in [2.24, 2.45) is 23.7 Å². The van der Waals surface area contributed by atoms with Crippen molar-refractivity contribution in [2.75, 3.05) is 44.9 Å². The van der Waals surface area contributed by atoms with Gasteiger partial charge >= 0.3 is 0 Å². The van der Waals surface area contributed by atoms with Crippen LogP contribution in [-0.4, -0.2) is 65.7 Å². The molecule has 0 aromatic heterocycles. The lowest BCUT2D eigenvalue weighted by Gasteiger charge is -2.46. The number of methoxy groups -OCH3 is 1. The number of aryl methyl sites for hydroxylation is 1. The number of nitrogens with zero attached hydrogens (tertiary/aromatic N) is 1. The number of allylic oxidation sites excluding steroid dienone is 1. The summed E-state index contributed by atoms with van der Waals surface area (Å²) in [7, 11) is -2.30. The van der Waals surface area contributed by atoms with Crippen molar-refractivity contribution in [3.05, 3.63) is 70.3 Å². The first kappa shape index (κ1) is 34.3. The van der Waals surface area contributed by atoms with Gasteiger partial charge in [0.05, 0.1) is 36.9 Å². The van der Waals surface area contributed by atoms with E-state index in [-0.39, 0.29) is 23.4 Å². The lowest BCUT2D eigenvalue weighted by Crippen LogP contribution is -2.49. The molecule has 256 valence electrons. The highest BCUT2D eigenvalue weighted by atomic mass is 35.5. The topological polar surface area (TPSA) is 94.2 Å². The van der Waals surface area contributed by atoms with Gasteiger partial charge in [-0.3, -0.25) is 4.79 Å². The van der Waals surface area contributed by atoms with Gasteiger partial charge in [0.2, 0.25) is 10.0 Å². The summed E-state index contributed by atoms with van der Waals surface area (Å²) in [5.74, 6) is 0.381. The minimum atomic E-state index is -3.97. The Balaban J connectivity index is 1.42. The smallest absolute Gasteiger partial charge is 0.264 e. The normalized spacial score (nSPS) is 31.1. The number of halogens is 1. The van der Waals surface area contributed by atoms with Crippen molar-refractivity contribution in [3.8, 4) is 5.75 Å². The molecule has 1 unspecified atom stereocenters. The van der Waals surface area contributed by atoms with E-state index in [9.17, 15) is 13.2 Å². The Hall–Kier alpha value is -2.59. The van der Waals surface area contributed by atoms with Crippen molar-refractivity contribution < 1.29 is 27.4 Å². The molecule has 2 aliphatic carbocycles. The maximum atomic E-state index is 13.8. The monoisotopic (exact) mass is 684 g/mol. The van der Waals surface area contributed by atoms with Gasteiger partial charge in [-0.1, -0.05) is 50.6 Å². The number of carbonyl (C=O) groups excluding carboxylic acids is 1. The number of sulfonamides is 1. The minimum absolute atomic E-state index is 0.0987. The van der Waals surface area contributed by atoms with Gasteiger partial charge in [0.15, 0.2) is 0 Å². The maximum Gasteiger partial charge on any atom is 0.264 e.